The first-order chi connectivity index (χ1) is 25.4. The lowest BCUT2D eigenvalue weighted by Gasteiger charge is -2.23. The van der Waals surface area contributed by atoms with E-state index in [4.69, 9.17) is 4.42 Å². The molecule has 0 spiro atoms. The Balaban J connectivity index is 0.000000169. The fourth-order valence-electron chi connectivity index (χ4n) is 6.59. The van der Waals surface area contributed by atoms with Gasteiger partial charge < -0.3 is 20.4 Å². The summed E-state index contributed by atoms with van der Waals surface area (Å²) < 4.78 is 5.40. The summed E-state index contributed by atoms with van der Waals surface area (Å²) in [4.78, 5) is 50.6. The molecule has 2 amide bonds. The Morgan fingerprint density at radius 1 is 0.769 bits per heavy atom. The molecule has 1 aliphatic rings. The fourth-order valence-corrected chi connectivity index (χ4v) is 6.59. The molecule has 4 aromatic carbocycles. The lowest BCUT2D eigenvalue weighted by Crippen LogP contribution is -2.43. The van der Waals surface area contributed by atoms with Crippen molar-refractivity contribution >= 4 is 50.1 Å². The van der Waals surface area contributed by atoms with Crippen molar-refractivity contribution in [2.75, 3.05) is 18.4 Å². The van der Waals surface area contributed by atoms with Crippen LogP contribution in [-0.2, 0) is 0 Å². The summed E-state index contributed by atoms with van der Waals surface area (Å²) >= 11 is 0. The van der Waals surface area contributed by atoms with Gasteiger partial charge in [-0.1, -0.05) is 67.1 Å². The van der Waals surface area contributed by atoms with Gasteiger partial charge in [-0.25, -0.2) is 19.7 Å². The standard InChI is InChI=1S/C24H26N4O2.C18H12N2O2/c1-16-11-12-20(19-9-3-2-8-18(16)19)23(29)28-21-10-6-14-26-22(21)24(30)27-15-17-7-4-5-13-25-17;1-11-8-9-14(13-6-3-2-5-12(11)13)17-20-15-7-4-10-19-16(15)18(21)22-17/h2-3,6,8-12,14,17,25H,4-5,7,13,15H2,1H3,(H,27,30)(H,28,29);2-10H,1H3/t17-;/m1./s1. The average molecular weight is 691 g/mol. The maximum atomic E-state index is 13.0. The molecule has 3 aromatic heterocycles. The van der Waals surface area contributed by atoms with E-state index in [0.29, 0.717) is 29.2 Å². The molecule has 52 heavy (non-hydrogen) atoms. The minimum atomic E-state index is -0.467. The molecule has 0 radical (unpaired) electrons. The number of piperidine rings is 1. The number of amides is 2. The molecule has 0 saturated carbocycles. The highest BCUT2D eigenvalue weighted by Gasteiger charge is 2.19. The number of aromatic nitrogens is 3. The van der Waals surface area contributed by atoms with Crippen molar-refractivity contribution in [2.45, 2.75) is 39.2 Å². The summed E-state index contributed by atoms with van der Waals surface area (Å²) in [6, 6.07) is 30.7. The van der Waals surface area contributed by atoms with Gasteiger partial charge in [-0.3, -0.25) is 9.59 Å². The Kier molecular flexibility index (Phi) is 10.1. The van der Waals surface area contributed by atoms with E-state index in [2.05, 4.69) is 43.9 Å². The Bertz CT molecular complexity index is 2490. The van der Waals surface area contributed by atoms with Gasteiger partial charge in [0, 0.05) is 36.1 Å². The zero-order valence-electron chi connectivity index (χ0n) is 29.0. The maximum absolute atomic E-state index is 13.0. The lowest BCUT2D eigenvalue weighted by atomic mass is 10.00. The number of anilines is 1. The number of aryl methyl sites for hydroxylation is 2. The lowest BCUT2D eigenvalue weighted by molar-refractivity contribution is 0.0943. The van der Waals surface area contributed by atoms with Gasteiger partial charge in [0.15, 0.2) is 11.2 Å². The highest BCUT2D eigenvalue weighted by atomic mass is 16.4. The molecular weight excluding hydrogens is 652 g/mol. The van der Waals surface area contributed by atoms with Crippen LogP contribution < -0.4 is 21.6 Å². The van der Waals surface area contributed by atoms with Gasteiger partial charge in [-0.2, -0.15) is 0 Å². The number of fused-ring (bicyclic) bond motifs is 3. The minimum Gasteiger partial charge on any atom is -0.402 e. The van der Waals surface area contributed by atoms with E-state index in [1.165, 1.54) is 18.4 Å². The number of benzene rings is 4. The first-order valence-corrected chi connectivity index (χ1v) is 17.4. The minimum absolute atomic E-state index is 0.220. The van der Waals surface area contributed by atoms with Crippen molar-refractivity contribution in [3.63, 3.8) is 0 Å². The Morgan fingerprint density at radius 2 is 1.46 bits per heavy atom. The predicted molar refractivity (Wildman–Crippen MR) is 205 cm³/mol. The van der Waals surface area contributed by atoms with Crippen LogP contribution in [0.4, 0.5) is 5.69 Å². The van der Waals surface area contributed by atoms with Gasteiger partial charge in [0.1, 0.15) is 5.52 Å². The normalized spacial score (nSPS) is 14.1. The summed E-state index contributed by atoms with van der Waals surface area (Å²) in [5.41, 5.74) is 4.61. The number of rotatable bonds is 6. The topological polar surface area (TPSA) is 139 Å². The third kappa shape index (κ3) is 7.28. The van der Waals surface area contributed by atoms with Crippen LogP contribution in [0.5, 0.6) is 0 Å². The Morgan fingerprint density at radius 3 is 2.23 bits per heavy atom. The van der Waals surface area contributed by atoms with E-state index in [-0.39, 0.29) is 29.1 Å². The summed E-state index contributed by atoms with van der Waals surface area (Å²) in [7, 11) is 0. The molecule has 7 aromatic rings. The van der Waals surface area contributed by atoms with Crippen LogP contribution in [0.15, 0.2) is 119 Å². The largest absolute Gasteiger partial charge is 0.402 e. The van der Waals surface area contributed by atoms with Gasteiger partial charge in [0.05, 0.1) is 5.69 Å². The molecule has 8 rings (SSSR count). The van der Waals surface area contributed by atoms with Gasteiger partial charge in [-0.05, 0) is 102 Å². The molecule has 0 unspecified atom stereocenters. The van der Waals surface area contributed by atoms with Crippen LogP contribution in [0.1, 0.15) is 51.2 Å². The number of hydrogen-bond donors (Lipinski definition) is 3. The summed E-state index contributed by atoms with van der Waals surface area (Å²) in [6.07, 6.45) is 6.51. The number of hydrogen-bond acceptors (Lipinski definition) is 8. The molecule has 1 atom stereocenters. The van der Waals surface area contributed by atoms with Gasteiger partial charge in [0.2, 0.25) is 5.89 Å². The molecule has 0 aliphatic carbocycles. The summed E-state index contributed by atoms with van der Waals surface area (Å²) in [5, 5.41) is 13.3. The highest BCUT2D eigenvalue weighted by Crippen LogP contribution is 2.30. The van der Waals surface area contributed by atoms with Crippen molar-refractivity contribution in [1.82, 2.24) is 25.6 Å². The van der Waals surface area contributed by atoms with E-state index in [1.807, 2.05) is 73.7 Å². The molecule has 10 heteroatoms. The van der Waals surface area contributed by atoms with E-state index in [1.54, 1.807) is 36.7 Å². The van der Waals surface area contributed by atoms with Crippen LogP contribution in [0.2, 0.25) is 0 Å². The second kappa shape index (κ2) is 15.3. The number of carbonyl (C=O) groups excluding carboxylic acids is 2. The first-order valence-electron chi connectivity index (χ1n) is 17.4. The summed E-state index contributed by atoms with van der Waals surface area (Å²) in [6.45, 7) is 5.61. The molecular formula is C42H38N6O4. The van der Waals surface area contributed by atoms with E-state index in [0.717, 1.165) is 45.6 Å². The first kappa shape index (κ1) is 34.2. The van der Waals surface area contributed by atoms with Crippen LogP contribution in [0, 0.1) is 13.8 Å². The molecule has 260 valence electrons. The van der Waals surface area contributed by atoms with Gasteiger partial charge >= 0.3 is 5.63 Å². The molecule has 1 fully saturated rings. The quantitative estimate of drug-likeness (QED) is 0.164. The highest BCUT2D eigenvalue weighted by molar-refractivity contribution is 6.15. The molecule has 1 aliphatic heterocycles. The Hall–Kier alpha value is -6.26. The smallest absolute Gasteiger partial charge is 0.365 e. The zero-order valence-corrected chi connectivity index (χ0v) is 29.0. The van der Waals surface area contributed by atoms with Crippen LogP contribution in [0.25, 0.3) is 44.0 Å². The van der Waals surface area contributed by atoms with E-state index >= 15 is 0 Å². The van der Waals surface area contributed by atoms with Crippen LogP contribution >= 0.6 is 0 Å². The number of nitrogens with one attached hydrogen (secondary N) is 3. The predicted octanol–water partition coefficient (Wildman–Crippen LogP) is 7.38. The van der Waals surface area contributed by atoms with E-state index in [9.17, 15) is 14.4 Å². The zero-order chi connectivity index (χ0) is 36.0. The third-order valence-electron chi connectivity index (χ3n) is 9.34. The van der Waals surface area contributed by atoms with Crippen LogP contribution in [0.3, 0.4) is 0 Å². The number of carbonyl (C=O) groups is 2. The van der Waals surface area contributed by atoms with Crippen LogP contribution in [-0.4, -0.2) is 45.9 Å². The van der Waals surface area contributed by atoms with Crippen molar-refractivity contribution in [3.8, 4) is 11.5 Å². The monoisotopic (exact) mass is 690 g/mol. The number of nitrogens with zero attached hydrogens (tertiary/aromatic N) is 3. The molecule has 1 saturated heterocycles. The molecule has 4 heterocycles. The maximum Gasteiger partial charge on any atom is 0.365 e. The van der Waals surface area contributed by atoms with Crippen molar-refractivity contribution in [3.05, 3.63) is 142 Å². The number of pyridine rings is 2. The van der Waals surface area contributed by atoms with E-state index < -0.39 is 5.63 Å². The molecule has 0 bridgehead atoms. The summed E-state index contributed by atoms with van der Waals surface area (Å²) in [5.74, 6) is -0.226. The van der Waals surface area contributed by atoms with Crippen molar-refractivity contribution in [1.29, 1.82) is 0 Å². The van der Waals surface area contributed by atoms with Crippen molar-refractivity contribution in [2.24, 2.45) is 0 Å². The third-order valence-corrected chi connectivity index (χ3v) is 9.34. The van der Waals surface area contributed by atoms with Gasteiger partial charge in [-0.15, -0.1) is 0 Å². The fraction of sp³-hybridized carbons (Fsp3) is 0.190. The second-order valence-electron chi connectivity index (χ2n) is 12.8. The van der Waals surface area contributed by atoms with Gasteiger partial charge in [0.25, 0.3) is 11.8 Å². The molecule has 3 N–H and O–H groups in total. The van der Waals surface area contributed by atoms with Crippen molar-refractivity contribution < 1.29 is 14.0 Å². The average Bonchev–Trinajstić information content (AvgIpc) is 3.18. The second-order valence-corrected chi connectivity index (χ2v) is 12.8. The Labute approximate surface area is 300 Å². The SMILES string of the molecule is Cc1ccc(-c2nc3cccnc3c(=O)o2)c2ccccc12.Cc1ccc(C(=O)Nc2cccnc2C(=O)NC[C@H]2CCCCN2)c2ccccc12. The molecule has 10 nitrogen and oxygen atoms in total.